The number of hydrogen-bond acceptors (Lipinski definition) is 3. The second-order valence-electron chi connectivity index (χ2n) is 5.18. The molecule has 2 rings (SSSR count). The average Bonchev–Trinajstić information content (AvgIpc) is 2.53. The predicted molar refractivity (Wildman–Crippen MR) is 70.7 cm³/mol. The molecule has 0 spiro atoms. The summed E-state index contributed by atoms with van der Waals surface area (Å²) in [5.74, 6) is -1.06. The van der Waals surface area contributed by atoms with Crippen molar-refractivity contribution in [2.24, 2.45) is 17.8 Å². The molecule has 0 bridgehead atoms. The van der Waals surface area contributed by atoms with E-state index in [1.54, 1.807) is 0 Å². The van der Waals surface area contributed by atoms with E-state index < -0.39 is 0 Å². The van der Waals surface area contributed by atoms with Gasteiger partial charge in [0.05, 0.1) is 11.8 Å². The lowest BCUT2D eigenvalue weighted by atomic mass is 9.72. The molecule has 2 aliphatic rings. The molecule has 3 atom stereocenters. The minimum absolute atomic E-state index is 0. The molecule has 1 aliphatic carbocycles. The number of fused-ring (bicyclic) bond motifs is 1. The number of ether oxygens (including phenoxy) is 1. The lowest BCUT2D eigenvalue weighted by Gasteiger charge is -2.28. The highest BCUT2D eigenvalue weighted by molar-refractivity contribution is 5.97. The van der Waals surface area contributed by atoms with Gasteiger partial charge in [0.25, 0.3) is 0 Å². The summed E-state index contributed by atoms with van der Waals surface area (Å²) >= 11 is 0. The van der Waals surface area contributed by atoms with Crippen LogP contribution in [0.3, 0.4) is 0 Å². The summed E-state index contributed by atoms with van der Waals surface area (Å²) in [6.45, 7) is 6.12. The Kier molecular flexibility index (Phi) is 4.49. The van der Waals surface area contributed by atoms with E-state index in [-0.39, 0.29) is 37.1 Å². The number of esters is 2. The van der Waals surface area contributed by atoms with E-state index in [4.69, 9.17) is 4.74 Å². The van der Waals surface area contributed by atoms with Gasteiger partial charge in [0.15, 0.2) is 0 Å². The zero-order chi connectivity index (χ0) is 12.6. The minimum atomic E-state index is -0.342. The van der Waals surface area contributed by atoms with Crippen LogP contribution in [0.25, 0.3) is 0 Å². The third-order valence-corrected chi connectivity index (χ3v) is 3.70. The Bertz CT molecular complexity index is 413. The number of carbonyl (C=O) groups is 2. The Hall–Kier alpha value is -1.38. The second kappa shape index (κ2) is 5.51. The van der Waals surface area contributed by atoms with E-state index in [9.17, 15) is 9.59 Å². The Morgan fingerprint density at radius 1 is 1.39 bits per heavy atom. The molecular formula is C15H22O3. The van der Waals surface area contributed by atoms with Gasteiger partial charge in [-0.1, -0.05) is 30.7 Å². The smallest absolute Gasteiger partial charge is 0.318 e. The normalized spacial score (nSPS) is 29.9. The topological polar surface area (TPSA) is 43.4 Å². The molecule has 3 unspecified atom stereocenters. The number of allylic oxidation sites excluding steroid dienone is 4. The van der Waals surface area contributed by atoms with Gasteiger partial charge in [0, 0.05) is 0 Å². The maximum absolute atomic E-state index is 11.7. The van der Waals surface area contributed by atoms with Crippen molar-refractivity contribution in [3.63, 3.8) is 0 Å². The third kappa shape index (κ3) is 2.55. The van der Waals surface area contributed by atoms with Crippen LogP contribution in [0, 0.1) is 17.8 Å². The zero-order valence-corrected chi connectivity index (χ0v) is 10.5. The summed E-state index contributed by atoms with van der Waals surface area (Å²) in [6, 6.07) is 0. The molecule has 0 radical (unpaired) electrons. The van der Waals surface area contributed by atoms with Crippen molar-refractivity contribution in [3.8, 4) is 0 Å². The highest BCUT2D eigenvalue weighted by atomic mass is 16.6. The molecule has 3 heteroatoms. The molecule has 0 aromatic heterocycles. The van der Waals surface area contributed by atoms with Crippen molar-refractivity contribution in [1.29, 1.82) is 0 Å². The zero-order valence-electron chi connectivity index (χ0n) is 10.5. The molecule has 1 heterocycles. The van der Waals surface area contributed by atoms with Crippen molar-refractivity contribution < 1.29 is 14.3 Å². The fraction of sp³-hybridized carbons (Fsp3) is 0.600. The predicted octanol–water partition coefficient (Wildman–Crippen LogP) is 3.26. The molecule has 1 fully saturated rings. The highest BCUT2D eigenvalue weighted by Gasteiger charge is 2.49. The summed E-state index contributed by atoms with van der Waals surface area (Å²) in [7, 11) is 0. The van der Waals surface area contributed by atoms with Crippen LogP contribution in [0.5, 0.6) is 0 Å². The SMILES string of the molecule is C.CC(C)=CCC1C(C)=CCC2C(=O)OC(=O)C21. The van der Waals surface area contributed by atoms with Crippen molar-refractivity contribution in [2.45, 2.75) is 41.0 Å². The molecule has 0 amide bonds. The van der Waals surface area contributed by atoms with Crippen molar-refractivity contribution in [2.75, 3.05) is 0 Å². The summed E-state index contributed by atoms with van der Waals surface area (Å²) in [5.41, 5.74) is 2.44. The van der Waals surface area contributed by atoms with Gasteiger partial charge in [0.2, 0.25) is 0 Å². The minimum Gasteiger partial charge on any atom is -0.393 e. The number of cyclic esters (lactones) is 2. The lowest BCUT2D eigenvalue weighted by molar-refractivity contribution is -0.154. The first-order valence-corrected chi connectivity index (χ1v) is 6.06. The van der Waals surface area contributed by atoms with E-state index in [1.165, 1.54) is 11.1 Å². The van der Waals surface area contributed by atoms with E-state index >= 15 is 0 Å². The quantitative estimate of drug-likeness (QED) is 0.429. The van der Waals surface area contributed by atoms with Crippen LogP contribution in [0.2, 0.25) is 0 Å². The first-order chi connectivity index (χ1) is 8.00. The molecular weight excluding hydrogens is 228 g/mol. The fourth-order valence-electron chi connectivity index (χ4n) is 2.68. The van der Waals surface area contributed by atoms with Crippen LogP contribution in [0.4, 0.5) is 0 Å². The van der Waals surface area contributed by atoms with Gasteiger partial charge in [0.1, 0.15) is 0 Å². The molecule has 0 aromatic carbocycles. The lowest BCUT2D eigenvalue weighted by Crippen LogP contribution is -2.30. The first-order valence-electron chi connectivity index (χ1n) is 6.06. The number of hydrogen-bond donors (Lipinski definition) is 0. The largest absolute Gasteiger partial charge is 0.393 e. The molecule has 1 saturated heterocycles. The molecule has 0 N–H and O–H groups in total. The Labute approximate surface area is 109 Å². The van der Waals surface area contributed by atoms with Crippen molar-refractivity contribution >= 4 is 11.9 Å². The second-order valence-corrected chi connectivity index (χ2v) is 5.18. The molecule has 1 aliphatic heterocycles. The molecule has 18 heavy (non-hydrogen) atoms. The van der Waals surface area contributed by atoms with Gasteiger partial charge in [-0.15, -0.1) is 0 Å². The van der Waals surface area contributed by atoms with Crippen LogP contribution in [0.1, 0.15) is 41.0 Å². The average molecular weight is 250 g/mol. The molecule has 0 aromatic rings. The van der Waals surface area contributed by atoms with Crippen LogP contribution >= 0.6 is 0 Å². The van der Waals surface area contributed by atoms with E-state index in [1.807, 2.05) is 20.8 Å². The number of carbonyl (C=O) groups excluding carboxylic acids is 2. The number of rotatable bonds is 2. The van der Waals surface area contributed by atoms with Crippen LogP contribution < -0.4 is 0 Å². The maximum Gasteiger partial charge on any atom is 0.318 e. The summed E-state index contributed by atoms with van der Waals surface area (Å²) in [5, 5.41) is 0. The third-order valence-electron chi connectivity index (χ3n) is 3.70. The van der Waals surface area contributed by atoms with Crippen molar-refractivity contribution in [3.05, 3.63) is 23.3 Å². The molecule has 3 nitrogen and oxygen atoms in total. The van der Waals surface area contributed by atoms with Crippen molar-refractivity contribution in [1.82, 2.24) is 0 Å². The first kappa shape index (κ1) is 14.7. The Morgan fingerprint density at radius 3 is 2.67 bits per heavy atom. The van der Waals surface area contributed by atoms with Crippen LogP contribution in [-0.2, 0) is 14.3 Å². The van der Waals surface area contributed by atoms with E-state index in [0.717, 1.165) is 6.42 Å². The summed E-state index contributed by atoms with van der Waals surface area (Å²) in [6.07, 6.45) is 5.66. The summed E-state index contributed by atoms with van der Waals surface area (Å²) in [4.78, 5) is 23.3. The van der Waals surface area contributed by atoms with Gasteiger partial charge >= 0.3 is 11.9 Å². The maximum atomic E-state index is 11.7. The van der Waals surface area contributed by atoms with Crippen LogP contribution in [-0.4, -0.2) is 11.9 Å². The Balaban J connectivity index is 0.00000162. The monoisotopic (exact) mass is 250 g/mol. The van der Waals surface area contributed by atoms with E-state index in [2.05, 4.69) is 12.2 Å². The molecule has 100 valence electrons. The van der Waals surface area contributed by atoms with Gasteiger partial charge < -0.3 is 4.74 Å². The van der Waals surface area contributed by atoms with Gasteiger partial charge in [-0.3, -0.25) is 9.59 Å². The Morgan fingerprint density at radius 2 is 2.06 bits per heavy atom. The standard InChI is InChI=1S/C14H18O3.CH4/c1-8(2)4-6-10-9(3)5-7-11-12(10)14(16)17-13(11)15;/h4-5,10-12H,6-7H2,1-3H3;1H4. The van der Waals surface area contributed by atoms with Gasteiger partial charge in [-0.25, -0.2) is 0 Å². The fourth-order valence-corrected chi connectivity index (χ4v) is 2.68. The highest BCUT2D eigenvalue weighted by Crippen LogP contribution is 2.42. The van der Waals surface area contributed by atoms with E-state index in [0.29, 0.717) is 6.42 Å². The van der Waals surface area contributed by atoms with Gasteiger partial charge in [-0.05, 0) is 39.5 Å². The summed E-state index contributed by atoms with van der Waals surface area (Å²) < 4.78 is 4.76. The van der Waals surface area contributed by atoms with Gasteiger partial charge in [-0.2, -0.15) is 0 Å². The molecule has 0 saturated carbocycles. The van der Waals surface area contributed by atoms with Crippen LogP contribution in [0.15, 0.2) is 23.3 Å².